The summed E-state index contributed by atoms with van der Waals surface area (Å²) >= 11 is 0. The SMILES string of the molecule is COC(=O)C1CCCCC1NC(=O)C1CCC(N2CNC(C#N)C2)NN1. The van der Waals surface area contributed by atoms with Crippen LogP contribution in [-0.4, -0.2) is 61.4 Å². The Bertz CT molecular complexity index is 557. The molecule has 0 spiro atoms. The summed E-state index contributed by atoms with van der Waals surface area (Å²) in [6, 6.07) is 1.61. The lowest BCUT2D eigenvalue weighted by molar-refractivity contribution is -0.148. The van der Waals surface area contributed by atoms with E-state index in [1.54, 1.807) is 0 Å². The Morgan fingerprint density at radius 1 is 1.19 bits per heavy atom. The van der Waals surface area contributed by atoms with Crippen molar-refractivity contribution in [2.45, 2.75) is 62.8 Å². The number of nitrogens with one attached hydrogen (secondary N) is 4. The van der Waals surface area contributed by atoms with Gasteiger partial charge in [-0.15, -0.1) is 0 Å². The Morgan fingerprint density at radius 3 is 2.65 bits per heavy atom. The molecule has 0 aromatic rings. The summed E-state index contributed by atoms with van der Waals surface area (Å²) in [5.74, 6) is -0.565. The van der Waals surface area contributed by atoms with Crippen molar-refractivity contribution in [3.05, 3.63) is 0 Å². The molecule has 3 aliphatic rings. The number of carbonyl (C=O) groups excluding carboxylic acids is 2. The average molecular weight is 364 g/mol. The molecule has 5 atom stereocenters. The molecule has 2 heterocycles. The molecule has 2 saturated heterocycles. The van der Waals surface area contributed by atoms with Gasteiger partial charge in [-0.3, -0.25) is 19.8 Å². The van der Waals surface area contributed by atoms with E-state index >= 15 is 0 Å². The first-order valence-electron chi connectivity index (χ1n) is 9.38. The van der Waals surface area contributed by atoms with E-state index < -0.39 is 0 Å². The van der Waals surface area contributed by atoms with E-state index in [0.717, 1.165) is 32.1 Å². The standard InChI is InChI=1S/C17H28N6O3/c1-26-17(25)12-4-2-3-5-13(12)20-16(24)14-6-7-15(22-21-14)23-9-11(8-18)19-10-23/h11-15,19,21-22H,2-7,9-10H2,1H3,(H,20,24). The minimum absolute atomic E-state index is 0.0776. The van der Waals surface area contributed by atoms with Crippen LogP contribution in [0.15, 0.2) is 0 Å². The average Bonchev–Trinajstić information content (AvgIpc) is 3.17. The third-order valence-corrected chi connectivity index (χ3v) is 5.62. The van der Waals surface area contributed by atoms with Gasteiger partial charge in [0.2, 0.25) is 5.91 Å². The van der Waals surface area contributed by atoms with Crippen LogP contribution in [0, 0.1) is 17.2 Å². The molecule has 3 fully saturated rings. The summed E-state index contributed by atoms with van der Waals surface area (Å²) in [4.78, 5) is 26.7. The van der Waals surface area contributed by atoms with Gasteiger partial charge in [0, 0.05) is 12.6 Å². The van der Waals surface area contributed by atoms with Gasteiger partial charge in [0.25, 0.3) is 0 Å². The van der Waals surface area contributed by atoms with Crippen LogP contribution in [0.3, 0.4) is 0 Å². The number of ether oxygens (including phenoxy) is 1. The minimum Gasteiger partial charge on any atom is -0.469 e. The number of hydrogen-bond donors (Lipinski definition) is 4. The number of amides is 1. The lowest BCUT2D eigenvalue weighted by atomic mass is 9.84. The van der Waals surface area contributed by atoms with Crippen LogP contribution >= 0.6 is 0 Å². The highest BCUT2D eigenvalue weighted by atomic mass is 16.5. The smallest absolute Gasteiger partial charge is 0.310 e. The van der Waals surface area contributed by atoms with Crippen LogP contribution < -0.4 is 21.5 Å². The Labute approximate surface area is 153 Å². The molecule has 0 bridgehead atoms. The normalized spacial score (nSPS) is 35.5. The fourth-order valence-electron chi connectivity index (χ4n) is 4.07. The van der Waals surface area contributed by atoms with Crippen molar-refractivity contribution in [3.8, 4) is 6.07 Å². The van der Waals surface area contributed by atoms with Crippen LogP contribution in [0.2, 0.25) is 0 Å². The molecule has 4 N–H and O–H groups in total. The van der Waals surface area contributed by atoms with Gasteiger partial charge in [-0.1, -0.05) is 12.8 Å². The van der Waals surface area contributed by atoms with E-state index in [2.05, 4.69) is 32.5 Å². The first-order chi connectivity index (χ1) is 12.6. The number of hydrazine groups is 1. The zero-order valence-electron chi connectivity index (χ0n) is 15.2. The zero-order chi connectivity index (χ0) is 18.5. The highest BCUT2D eigenvalue weighted by molar-refractivity contribution is 5.83. The van der Waals surface area contributed by atoms with Crippen LogP contribution in [-0.2, 0) is 14.3 Å². The van der Waals surface area contributed by atoms with Crippen LogP contribution in [0.1, 0.15) is 38.5 Å². The summed E-state index contributed by atoms with van der Waals surface area (Å²) in [6.07, 6.45) is 5.19. The quantitative estimate of drug-likeness (QED) is 0.478. The van der Waals surface area contributed by atoms with Gasteiger partial charge < -0.3 is 10.1 Å². The van der Waals surface area contributed by atoms with Gasteiger partial charge in [0.05, 0.1) is 31.9 Å². The molecule has 5 unspecified atom stereocenters. The third-order valence-electron chi connectivity index (χ3n) is 5.62. The maximum atomic E-state index is 12.6. The van der Waals surface area contributed by atoms with Crippen LogP contribution in [0.25, 0.3) is 0 Å². The topological polar surface area (TPSA) is 119 Å². The van der Waals surface area contributed by atoms with E-state index in [9.17, 15) is 9.59 Å². The fourth-order valence-corrected chi connectivity index (χ4v) is 4.07. The fraction of sp³-hybridized carbons (Fsp3) is 0.824. The van der Waals surface area contributed by atoms with Crippen molar-refractivity contribution in [2.24, 2.45) is 5.92 Å². The monoisotopic (exact) mass is 364 g/mol. The Morgan fingerprint density at radius 2 is 2.00 bits per heavy atom. The van der Waals surface area contributed by atoms with Crippen molar-refractivity contribution < 1.29 is 14.3 Å². The first-order valence-corrected chi connectivity index (χ1v) is 9.38. The number of methoxy groups -OCH3 is 1. The van der Waals surface area contributed by atoms with E-state index in [0.29, 0.717) is 19.6 Å². The van der Waals surface area contributed by atoms with Gasteiger partial charge in [0.1, 0.15) is 12.1 Å². The third kappa shape index (κ3) is 4.32. The van der Waals surface area contributed by atoms with Gasteiger partial charge in [-0.25, -0.2) is 10.9 Å². The maximum Gasteiger partial charge on any atom is 0.310 e. The summed E-state index contributed by atoms with van der Waals surface area (Å²) in [5.41, 5.74) is 6.29. The Hall–Kier alpha value is -1.73. The largest absolute Gasteiger partial charge is 0.469 e. The first kappa shape index (κ1) is 19.0. The molecular weight excluding hydrogens is 336 g/mol. The maximum absolute atomic E-state index is 12.6. The lowest BCUT2D eigenvalue weighted by Crippen LogP contribution is -2.62. The highest BCUT2D eigenvalue weighted by Crippen LogP contribution is 2.26. The number of hydrogen-bond acceptors (Lipinski definition) is 8. The van der Waals surface area contributed by atoms with Gasteiger partial charge in [-0.2, -0.15) is 5.26 Å². The number of nitrogens with zero attached hydrogens (tertiary/aromatic N) is 2. The molecule has 144 valence electrons. The van der Waals surface area contributed by atoms with Crippen molar-refractivity contribution >= 4 is 11.9 Å². The molecule has 2 aliphatic heterocycles. The summed E-state index contributed by atoms with van der Waals surface area (Å²) < 4.78 is 4.88. The Balaban J connectivity index is 1.47. The number of rotatable bonds is 4. The molecule has 0 aromatic heterocycles. The van der Waals surface area contributed by atoms with Crippen molar-refractivity contribution in [2.75, 3.05) is 20.3 Å². The molecule has 9 nitrogen and oxygen atoms in total. The molecule has 1 saturated carbocycles. The van der Waals surface area contributed by atoms with E-state index in [-0.39, 0.29) is 42.1 Å². The van der Waals surface area contributed by atoms with Gasteiger partial charge >= 0.3 is 5.97 Å². The summed E-state index contributed by atoms with van der Waals surface area (Å²) in [5, 5.41) is 15.1. The Kier molecular flexibility index (Phi) is 6.43. The van der Waals surface area contributed by atoms with Crippen LogP contribution in [0.4, 0.5) is 0 Å². The second kappa shape index (κ2) is 8.77. The molecule has 1 amide bonds. The second-order valence-electron chi connectivity index (χ2n) is 7.28. The van der Waals surface area contributed by atoms with Gasteiger partial charge in [0.15, 0.2) is 0 Å². The van der Waals surface area contributed by atoms with E-state index in [1.807, 2.05) is 0 Å². The molecule has 1 aliphatic carbocycles. The highest BCUT2D eigenvalue weighted by Gasteiger charge is 2.36. The van der Waals surface area contributed by atoms with Crippen molar-refractivity contribution in [3.63, 3.8) is 0 Å². The van der Waals surface area contributed by atoms with E-state index in [1.165, 1.54) is 7.11 Å². The summed E-state index contributed by atoms with van der Waals surface area (Å²) in [6.45, 7) is 1.34. The zero-order valence-corrected chi connectivity index (χ0v) is 15.2. The summed E-state index contributed by atoms with van der Waals surface area (Å²) in [7, 11) is 1.40. The van der Waals surface area contributed by atoms with Gasteiger partial charge in [-0.05, 0) is 25.7 Å². The molecule has 0 aromatic carbocycles. The molecular formula is C17H28N6O3. The molecule has 0 radical (unpaired) electrons. The number of nitriles is 1. The van der Waals surface area contributed by atoms with E-state index in [4.69, 9.17) is 10.00 Å². The minimum atomic E-state index is -0.325. The predicted molar refractivity (Wildman–Crippen MR) is 93.1 cm³/mol. The van der Waals surface area contributed by atoms with Crippen molar-refractivity contribution in [1.82, 2.24) is 26.4 Å². The predicted octanol–water partition coefficient (Wildman–Crippen LogP) is -0.828. The number of carbonyl (C=O) groups is 2. The molecule has 9 heteroatoms. The number of esters is 1. The molecule has 26 heavy (non-hydrogen) atoms. The van der Waals surface area contributed by atoms with Crippen LogP contribution in [0.5, 0.6) is 0 Å². The lowest BCUT2D eigenvalue weighted by Gasteiger charge is -2.36. The van der Waals surface area contributed by atoms with Crippen molar-refractivity contribution in [1.29, 1.82) is 5.26 Å². The second-order valence-corrected chi connectivity index (χ2v) is 7.28. The molecule has 3 rings (SSSR count).